The zero-order valence-corrected chi connectivity index (χ0v) is 12.2. The highest BCUT2D eigenvalue weighted by molar-refractivity contribution is 5.99. The molecule has 0 radical (unpaired) electrons. The fraction of sp³-hybridized carbons (Fsp3) is 0.375. The SMILES string of the molecule is C=CC(=O)Nc1cc(NC(=O)CCC2CCOC2)ccc1F. The maximum absolute atomic E-state index is 13.6. The minimum atomic E-state index is -0.573. The van der Waals surface area contributed by atoms with Crippen LogP contribution in [0.1, 0.15) is 19.3 Å². The first-order valence-electron chi connectivity index (χ1n) is 7.19. The molecule has 1 aliphatic rings. The van der Waals surface area contributed by atoms with Crippen LogP contribution in [0.25, 0.3) is 0 Å². The number of nitrogens with one attached hydrogen (secondary N) is 2. The minimum absolute atomic E-state index is 0.00638. The lowest BCUT2D eigenvalue weighted by Gasteiger charge is -2.10. The van der Waals surface area contributed by atoms with Crippen molar-refractivity contribution in [3.8, 4) is 0 Å². The first-order chi connectivity index (χ1) is 10.6. The van der Waals surface area contributed by atoms with E-state index in [2.05, 4.69) is 17.2 Å². The number of carbonyl (C=O) groups is 2. The predicted molar refractivity (Wildman–Crippen MR) is 82.0 cm³/mol. The van der Waals surface area contributed by atoms with Gasteiger partial charge in [-0.1, -0.05) is 6.58 Å². The average Bonchev–Trinajstić information content (AvgIpc) is 3.02. The van der Waals surface area contributed by atoms with Crippen molar-refractivity contribution in [2.75, 3.05) is 23.8 Å². The fourth-order valence-corrected chi connectivity index (χ4v) is 2.25. The summed E-state index contributed by atoms with van der Waals surface area (Å²) >= 11 is 0. The number of anilines is 2. The summed E-state index contributed by atoms with van der Waals surface area (Å²) in [5, 5.41) is 5.05. The van der Waals surface area contributed by atoms with Crippen molar-refractivity contribution < 1.29 is 18.7 Å². The lowest BCUT2D eigenvalue weighted by Crippen LogP contribution is -2.14. The van der Waals surface area contributed by atoms with Crippen LogP contribution in [0.4, 0.5) is 15.8 Å². The quantitative estimate of drug-likeness (QED) is 0.794. The molecule has 5 nitrogen and oxygen atoms in total. The third-order valence-electron chi connectivity index (χ3n) is 3.50. The standard InChI is InChI=1S/C16H19FN2O3/c1-2-15(20)19-14-9-12(4-5-13(14)17)18-16(21)6-3-11-7-8-22-10-11/h2,4-5,9,11H,1,3,6-8,10H2,(H,18,21)(H,19,20). The van der Waals surface area contributed by atoms with Gasteiger partial charge in [0.05, 0.1) is 5.69 Å². The minimum Gasteiger partial charge on any atom is -0.381 e. The highest BCUT2D eigenvalue weighted by Crippen LogP contribution is 2.21. The maximum Gasteiger partial charge on any atom is 0.247 e. The Morgan fingerprint density at radius 1 is 1.41 bits per heavy atom. The monoisotopic (exact) mass is 306 g/mol. The zero-order valence-electron chi connectivity index (χ0n) is 12.2. The summed E-state index contributed by atoms with van der Waals surface area (Å²) in [6, 6.07) is 4.03. The van der Waals surface area contributed by atoms with Gasteiger partial charge in [0.25, 0.3) is 0 Å². The molecule has 0 aromatic heterocycles. The van der Waals surface area contributed by atoms with Crippen LogP contribution in [0.5, 0.6) is 0 Å². The summed E-state index contributed by atoms with van der Waals surface area (Å²) in [5.41, 5.74) is 0.445. The van der Waals surface area contributed by atoms with Crippen LogP contribution >= 0.6 is 0 Å². The molecule has 1 aromatic rings. The van der Waals surface area contributed by atoms with Crippen molar-refractivity contribution in [3.63, 3.8) is 0 Å². The summed E-state index contributed by atoms with van der Waals surface area (Å²) in [5.74, 6) is -0.791. The van der Waals surface area contributed by atoms with E-state index >= 15 is 0 Å². The van der Waals surface area contributed by atoms with Gasteiger partial charge in [-0.25, -0.2) is 4.39 Å². The van der Waals surface area contributed by atoms with E-state index in [1.165, 1.54) is 18.2 Å². The van der Waals surface area contributed by atoms with E-state index in [4.69, 9.17) is 4.74 Å². The normalized spacial score (nSPS) is 17.0. The second-order valence-corrected chi connectivity index (χ2v) is 5.20. The zero-order chi connectivity index (χ0) is 15.9. The van der Waals surface area contributed by atoms with Crippen LogP contribution in [0.15, 0.2) is 30.9 Å². The molecule has 2 N–H and O–H groups in total. The summed E-state index contributed by atoms with van der Waals surface area (Å²) in [6.07, 6.45) is 3.20. The molecule has 2 amide bonds. The first-order valence-corrected chi connectivity index (χ1v) is 7.19. The van der Waals surface area contributed by atoms with Crippen molar-refractivity contribution in [1.82, 2.24) is 0 Å². The number of benzene rings is 1. The molecule has 0 spiro atoms. The van der Waals surface area contributed by atoms with Crippen molar-refractivity contribution in [3.05, 3.63) is 36.7 Å². The van der Waals surface area contributed by atoms with Gasteiger partial charge in [0.1, 0.15) is 5.82 Å². The molecule has 1 saturated heterocycles. The van der Waals surface area contributed by atoms with Crippen LogP contribution in [0.3, 0.4) is 0 Å². The van der Waals surface area contributed by atoms with Crippen LogP contribution in [-0.2, 0) is 14.3 Å². The fourth-order valence-electron chi connectivity index (χ4n) is 2.25. The molecular weight excluding hydrogens is 287 g/mol. The van der Waals surface area contributed by atoms with Crippen molar-refractivity contribution in [2.24, 2.45) is 5.92 Å². The van der Waals surface area contributed by atoms with Crippen LogP contribution < -0.4 is 10.6 Å². The third kappa shape index (κ3) is 4.66. The van der Waals surface area contributed by atoms with E-state index < -0.39 is 11.7 Å². The van der Waals surface area contributed by atoms with Crippen molar-refractivity contribution in [2.45, 2.75) is 19.3 Å². The third-order valence-corrected chi connectivity index (χ3v) is 3.50. The van der Waals surface area contributed by atoms with Gasteiger partial charge >= 0.3 is 0 Å². The molecule has 0 saturated carbocycles. The topological polar surface area (TPSA) is 67.4 Å². The summed E-state index contributed by atoms with van der Waals surface area (Å²) in [4.78, 5) is 23.1. The van der Waals surface area contributed by atoms with Crippen LogP contribution in [-0.4, -0.2) is 25.0 Å². The molecular formula is C16H19FN2O3. The van der Waals surface area contributed by atoms with Gasteiger partial charge in [-0.15, -0.1) is 0 Å². The molecule has 2 rings (SSSR count). The molecule has 1 heterocycles. The molecule has 1 fully saturated rings. The van der Waals surface area contributed by atoms with E-state index in [0.717, 1.165) is 25.5 Å². The van der Waals surface area contributed by atoms with Gasteiger partial charge in [0.2, 0.25) is 11.8 Å². The predicted octanol–water partition coefficient (Wildman–Crippen LogP) is 2.71. The molecule has 6 heteroatoms. The van der Waals surface area contributed by atoms with Gasteiger partial charge in [0.15, 0.2) is 0 Å². The largest absolute Gasteiger partial charge is 0.381 e. The number of rotatable bonds is 6. The second kappa shape index (κ2) is 7.70. The van der Waals surface area contributed by atoms with Gasteiger partial charge < -0.3 is 15.4 Å². The van der Waals surface area contributed by atoms with Gasteiger partial charge in [-0.2, -0.15) is 0 Å². The summed E-state index contributed by atoms with van der Waals surface area (Å²) in [6.45, 7) is 4.78. The molecule has 0 bridgehead atoms. The highest BCUT2D eigenvalue weighted by Gasteiger charge is 2.17. The number of hydrogen-bond donors (Lipinski definition) is 2. The van der Waals surface area contributed by atoms with Gasteiger partial charge in [0, 0.05) is 25.3 Å². The Morgan fingerprint density at radius 2 is 2.23 bits per heavy atom. The van der Waals surface area contributed by atoms with E-state index in [-0.39, 0.29) is 11.6 Å². The Morgan fingerprint density at radius 3 is 2.91 bits per heavy atom. The number of carbonyl (C=O) groups excluding carboxylic acids is 2. The smallest absolute Gasteiger partial charge is 0.247 e. The van der Waals surface area contributed by atoms with E-state index in [1.54, 1.807) is 0 Å². The number of hydrogen-bond acceptors (Lipinski definition) is 3. The maximum atomic E-state index is 13.6. The van der Waals surface area contributed by atoms with E-state index in [0.29, 0.717) is 24.6 Å². The molecule has 1 unspecified atom stereocenters. The Bertz CT molecular complexity index is 569. The second-order valence-electron chi connectivity index (χ2n) is 5.20. The molecule has 22 heavy (non-hydrogen) atoms. The summed E-state index contributed by atoms with van der Waals surface area (Å²) < 4.78 is 18.8. The van der Waals surface area contributed by atoms with Gasteiger partial charge in [-0.05, 0) is 43.0 Å². The molecule has 1 aliphatic heterocycles. The average molecular weight is 306 g/mol. The Kier molecular flexibility index (Phi) is 5.66. The molecule has 1 aromatic carbocycles. The van der Waals surface area contributed by atoms with Crippen LogP contribution in [0.2, 0.25) is 0 Å². The molecule has 1 atom stereocenters. The number of ether oxygens (including phenoxy) is 1. The highest BCUT2D eigenvalue weighted by atomic mass is 19.1. The van der Waals surface area contributed by atoms with Crippen molar-refractivity contribution in [1.29, 1.82) is 0 Å². The van der Waals surface area contributed by atoms with Crippen molar-refractivity contribution >= 4 is 23.2 Å². The Balaban J connectivity index is 1.90. The first kappa shape index (κ1) is 16.2. The lowest BCUT2D eigenvalue weighted by atomic mass is 10.0. The summed E-state index contributed by atoms with van der Waals surface area (Å²) in [7, 11) is 0. The number of amides is 2. The Hall–Kier alpha value is -2.21. The van der Waals surface area contributed by atoms with Gasteiger partial charge in [-0.3, -0.25) is 9.59 Å². The van der Waals surface area contributed by atoms with E-state index in [1.807, 2.05) is 0 Å². The Labute approximate surface area is 128 Å². The van der Waals surface area contributed by atoms with E-state index in [9.17, 15) is 14.0 Å². The number of halogens is 1. The molecule has 0 aliphatic carbocycles. The lowest BCUT2D eigenvalue weighted by molar-refractivity contribution is -0.116. The van der Waals surface area contributed by atoms with Crippen LogP contribution in [0, 0.1) is 11.7 Å². The molecule has 118 valence electrons.